The fourth-order valence-electron chi connectivity index (χ4n) is 5.65. The number of hydrogen-bond donors (Lipinski definition) is 0. The minimum Gasteiger partial charge on any atom is -0.465 e. The first-order valence-corrected chi connectivity index (χ1v) is 11.8. The summed E-state index contributed by atoms with van der Waals surface area (Å²) in [5, 5.41) is 0. The van der Waals surface area contributed by atoms with Crippen LogP contribution in [0.1, 0.15) is 80.7 Å². The van der Waals surface area contributed by atoms with Crippen molar-refractivity contribution in [3.8, 4) is 5.75 Å². The molecule has 0 N–H and O–H groups in total. The second-order valence-corrected chi connectivity index (χ2v) is 10.4. The summed E-state index contributed by atoms with van der Waals surface area (Å²) in [6.45, 7) is 8.83. The summed E-state index contributed by atoms with van der Waals surface area (Å²) in [6.07, 6.45) is -1.59. The van der Waals surface area contributed by atoms with Gasteiger partial charge in [-0.15, -0.1) is 13.2 Å². The van der Waals surface area contributed by atoms with Crippen LogP contribution in [0.15, 0.2) is 42.5 Å². The number of rotatable bonds is 5. The first kappa shape index (κ1) is 25.1. The highest BCUT2D eigenvalue weighted by molar-refractivity contribution is 5.93. The van der Waals surface area contributed by atoms with E-state index in [-0.39, 0.29) is 23.1 Å². The zero-order chi connectivity index (χ0) is 25.5. The number of methoxy groups -OCH3 is 1. The van der Waals surface area contributed by atoms with Crippen LogP contribution in [0.4, 0.5) is 13.2 Å². The van der Waals surface area contributed by atoms with Crippen molar-refractivity contribution in [2.75, 3.05) is 7.11 Å². The average Bonchev–Trinajstić information content (AvgIpc) is 3.15. The van der Waals surface area contributed by atoms with Crippen molar-refractivity contribution in [1.29, 1.82) is 0 Å². The van der Waals surface area contributed by atoms with Gasteiger partial charge in [-0.1, -0.05) is 39.8 Å². The van der Waals surface area contributed by atoms with Crippen molar-refractivity contribution in [2.45, 2.75) is 65.3 Å². The first-order valence-electron chi connectivity index (χ1n) is 11.8. The van der Waals surface area contributed by atoms with Gasteiger partial charge in [0.05, 0.1) is 23.7 Å². The van der Waals surface area contributed by atoms with Gasteiger partial charge in [-0.05, 0) is 66.5 Å². The van der Waals surface area contributed by atoms with Crippen LogP contribution in [-0.4, -0.2) is 29.0 Å². The van der Waals surface area contributed by atoms with Crippen molar-refractivity contribution in [3.63, 3.8) is 0 Å². The predicted molar refractivity (Wildman–Crippen MR) is 128 cm³/mol. The molecule has 35 heavy (non-hydrogen) atoms. The third kappa shape index (κ3) is 5.46. The molecule has 8 heteroatoms. The van der Waals surface area contributed by atoms with Gasteiger partial charge < -0.3 is 14.0 Å². The van der Waals surface area contributed by atoms with Gasteiger partial charge in [-0.2, -0.15) is 0 Å². The molecule has 1 heterocycles. The van der Waals surface area contributed by atoms with Crippen LogP contribution in [0, 0.1) is 11.3 Å². The molecule has 0 aliphatic heterocycles. The van der Waals surface area contributed by atoms with Gasteiger partial charge in [0, 0.05) is 12.0 Å². The van der Waals surface area contributed by atoms with E-state index in [1.807, 2.05) is 13.0 Å². The van der Waals surface area contributed by atoms with E-state index in [1.54, 1.807) is 24.3 Å². The SMILES string of the molecule is COC(=O)c1ccc2c(c1)nc([C@@H](C)c1ccc(OC(F)(F)F)cc1)n2[C@H]1C[C@@H](C)CC(C)(C)C1. The van der Waals surface area contributed by atoms with Gasteiger partial charge in [-0.3, -0.25) is 0 Å². The van der Waals surface area contributed by atoms with E-state index >= 15 is 0 Å². The van der Waals surface area contributed by atoms with Crippen LogP contribution in [0.25, 0.3) is 11.0 Å². The summed E-state index contributed by atoms with van der Waals surface area (Å²) in [5.41, 5.74) is 3.05. The number of aromatic nitrogens is 2. The number of esters is 1. The molecule has 3 aromatic rings. The zero-order valence-corrected chi connectivity index (χ0v) is 20.6. The number of fused-ring (bicyclic) bond motifs is 1. The first-order chi connectivity index (χ1) is 16.4. The number of ether oxygens (including phenoxy) is 2. The predicted octanol–water partition coefficient (Wildman–Crippen LogP) is 7.26. The maximum atomic E-state index is 12.6. The highest BCUT2D eigenvalue weighted by Crippen LogP contribution is 2.46. The van der Waals surface area contributed by atoms with Crippen molar-refractivity contribution in [1.82, 2.24) is 9.55 Å². The van der Waals surface area contributed by atoms with Gasteiger partial charge in [0.15, 0.2) is 0 Å². The van der Waals surface area contributed by atoms with Gasteiger partial charge in [0.25, 0.3) is 0 Å². The summed E-state index contributed by atoms with van der Waals surface area (Å²) in [7, 11) is 1.34. The smallest absolute Gasteiger partial charge is 0.465 e. The maximum Gasteiger partial charge on any atom is 0.573 e. The summed E-state index contributed by atoms with van der Waals surface area (Å²) in [6, 6.07) is 11.6. The topological polar surface area (TPSA) is 53.4 Å². The molecule has 0 bridgehead atoms. The second kappa shape index (κ2) is 9.21. The molecule has 1 aliphatic carbocycles. The molecule has 188 valence electrons. The van der Waals surface area contributed by atoms with Crippen LogP contribution in [0.2, 0.25) is 0 Å². The molecule has 3 atom stereocenters. The Kier molecular flexibility index (Phi) is 6.60. The van der Waals surface area contributed by atoms with E-state index in [1.165, 1.54) is 19.2 Å². The monoisotopic (exact) mass is 488 g/mol. The van der Waals surface area contributed by atoms with Gasteiger partial charge in [0.1, 0.15) is 11.6 Å². The van der Waals surface area contributed by atoms with Crippen LogP contribution >= 0.6 is 0 Å². The lowest BCUT2D eigenvalue weighted by molar-refractivity contribution is -0.274. The molecular weight excluding hydrogens is 457 g/mol. The number of carbonyl (C=O) groups is 1. The molecule has 1 aliphatic rings. The summed E-state index contributed by atoms with van der Waals surface area (Å²) in [5.74, 6) is 0.486. The Morgan fingerprint density at radius 1 is 1.14 bits per heavy atom. The van der Waals surface area contributed by atoms with Crippen LogP contribution < -0.4 is 4.74 Å². The molecule has 1 saturated carbocycles. The zero-order valence-electron chi connectivity index (χ0n) is 20.6. The molecule has 0 unspecified atom stereocenters. The summed E-state index contributed by atoms with van der Waals surface area (Å²) < 4.78 is 48.9. The molecule has 0 saturated heterocycles. The Balaban J connectivity index is 1.79. The Labute approximate surface area is 203 Å². The molecule has 0 radical (unpaired) electrons. The third-order valence-corrected chi connectivity index (χ3v) is 6.87. The van der Waals surface area contributed by atoms with Gasteiger partial charge in [-0.25, -0.2) is 9.78 Å². The average molecular weight is 489 g/mol. The molecule has 5 nitrogen and oxygen atoms in total. The Morgan fingerprint density at radius 3 is 2.43 bits per heavy atom. The number of nitrogens with zero attached hydrogens (tertiary/aromatic N) is 2. The quantitative estimate of drug-likeness (QED) is 0.355. The van der Waals surface area contributed by atoms with E-state index in [0.717, 1.165) is 36.2 Å². The van der Waals surface area contributed by atoms with Crippen molar-refractivity contribution in [2.24, 2.45) is 11.3 Å². The van der Waals surface area contributed by atoms with Crippen LogP contribution in [0.5, 0.6) is 5.75 Å². The van der Waals surface area contributed by atoms with E-state index in [4.69, 9.17) is 9.72 Å². The van der Waals surface area contributed by atoms with E-state index in [0.29, 0.717) is 17.0 Å². The standard InChI is InChI=1S/C27H31F3N2O3/c1-16-12-20(15-26(3,4)14-16)32-23-11-8-19(25(33)34-5)13-22(23)31-24(32)17(2)18-6-9-21(10-7-18)35-27(28,29)30/h6-11,13,16-17,20H,12,14-15H2,1-5H3/t16-,17+,20+/m1/s1. The lowest BCUT2D eigenvalue weighted by Gasteiger charge is -2.40. The molecule has 1 fully saturated rings. The number of carbonyl (C=O) groups excluding carboxylic acids is 1. The second-order valence-electron chi connectivity index (χ2n) is 10.4. The van der Waals surface area contributed by atoms with Crippen molar-refractivity contribution in [3.05, 3.63) is 59.4 Å². The van der Waals surface area contributed by atoms with E-state index in [2.05, 4.69) is 30.1 Å². The molecular formula is C27H31F3N2O3. The number of hydrogen-bond acceptors (Lipinski definition) is 4. The highest BCUT2D eigenvalue weighted by Gasteiger charge is 2.35. The van der Waals surface area contributed by atoms with Gasteiger partial charge >= 0.3 is 12.3 Å². The van der Waals surface area contributed by atoms with Crippen molar-refractivity contribution < 1.29 is 27.4 Å². The van der Waals surface area contributed by atoms with Crippen LogP contribution in [-0.2, 0) is 4.74 Å². The van der Waals surface area contributed by atoms with E-state index < -0.39 is 12.3 Å². The molecule has 1 aromatic heterocycles. The fourth-order valence-corrected chi connectivity index (χ4v) is 5.65. The normalized spacial score (nSPS) is 21.0. The Morgan fingerprint density at radius 2 is 1.83 bits per heavy atom. The van der Waals surface area contributed by atoms with Gasteiger partial charge in [0.2, 0.25) is 0 Å². The van der Waals surface area contributed by atoms with E-state index in [9.17, 15) is 18.0 Å². The number of alkyl halides is 3. The number of imidazole rings is 1. The molecule has 4 rings (SSSR count). The van der Waals surface area contributed by atoms with Crippen LogP contribution in [0.3, 0.4) is 0 Å². The summed E-state index contributed by atoms with van der Waals surface area (Å²) in [4.78, 5) is 17.1. The number of halogens is 3. The minimum atomic E-state index is -4.73. The highest BCUT2D eigenvalue weighted by atomic mass is 19.4. The largest absolute Gasteiger partial charge is 0.573 e. The number of benzene rings is 2. The minimum absolute atomic E-state index is 0.169. The molecule has 2 aromatic carbocycles. The fraction of sp³-hybridized carbons (Fsp3) is 0.481. The lowest BCUT2D eigenvalue weighted by atomic mass is 9.70. The lowest BCUT2D eigenvalue weighted by Crippen LogP contribution is -2.30. The Bertz CT molecular complexity index is 1210. The maximum absolute atomic E-state index is 12.6. The molecule has 0 amide bonds. The summed E-state index contributed by atoms with van der Waals surface area (Å²) >= 11 is 0. The molecule has 0 spiro atoms. The van der Waals surface area contributed by atoms with Crippen molar-refractivity contribution >= 4 is 17.0 Å². The third-order valence-electron chi connectivity index (χ3n) is 6.87. The Hall–Kier alpha value is -3.03.